The van der Waals surface area contributed by atoms with Crippen molar-refractivity contribution in [2.75, 3.05) is 0 Å². The van der Waals surface area contributed by atoms with E-state index >= 15 is 0 Å². The lowest BCUT2D eigenvalue weighted by Crippen LogP contribution is -2.28. The van der Waals surface area contributed by atoms with Crippen LogP contribution in [0.1, 0.15) is 43.4 Å². The van der Waals surface area contributed by atoms with Crippen molar-refractivity contribution < 1.29 is 18.0 Å². The van der Waals surface area contributed by atoms with Crippen LogP contribution >= 0.6 is 0 Å². The van der Waals surface area contributed by atoms with Crippen molar-refractivity contribution >= 4 is 5.91 Å². The van der Waals surface area contributed by atoms with Crippen LogP contribution in [0.4, 0.5) is 13.2 Å². The summed E-state index contributed by atoms with van der Waals surface area (Å²) in [5, 5.41) is 10.6. The topological polar surface area (TPSA) is 64.7 Å². The molecule has 0 saturated heterocycles. The van der Waals surface area contributed by atoms with Crippen LogP contribution in [0.2, 0.25) is 0 Å². The Morgan fingerprint density at radius 1 is 1.38 bits per heavy atom. The first-order chi connectivity index (χ1) is 11.2. The molecule has 1 amide bonds. The molecule has 0 saturated carbocycles. The maximum Gasteiger partial charge on any atom is 0.435 e. The molecule has 2 aromatic heterocycles. The Hall–Kier alpha value is -2.32. The van der Waals surface area contributed by atoms with E-state index in [-0.39, 0.29) is 24.9 Å². The van der Waals surface area contributed by atoms with Gasteiger partial charge in [0.05, 0.1) is 11.7 Å². The molecule has 0 spiro atoms. The number of alkyl halides is 3. The van der Waals surface area contributed by atoms with Crippen molar-refractivity contribution in [2.24, 2.45) is 0 Å². The van der Waals surface area contributed by atoms with Gasteiger partial charge >= 0.3 is 6.18 Å². The number of rotatable bonds is 6. The molecule has 24 heavy (non-hydrogen) atoms. The Morgan fingerprint density at radius 2 is 2.08 bits per heavy atom. The third kappa shape index (κ3) is 4.36. The van der Waals surface area contributed by atoms with Crippen LogP contribution in [0.15, 0.2) is 18.3 Å². The van der Waals surface area contributed by atoms with E-state index in [1.54, 1.807) is 11.6 Å². The highest BCUT2D eigenvalue weighted by Gasteiger charge is 2.34. The molecular weight excluding hydrogens is 323 g/mol. The molecule has 1 atom stereocenters. The molecule has 2 aromatic rings. The average Bonchev–Trinajstić information content (AvgIpc) is 3.11. The highest BCUT2D eigenvalue weighted by Crippen LogP contribution is 2.28. The second kappa shape index (κ2) is 7.06. The Morgan fingerprint density at radius 3 is 2.62 bits per heavy atom. The van der Waals surface area contributed by atoms with Crippen LogP contribution in [-0.4, -0.2) is 25.5 Å². The van der Waals surface area contributed by atoms with Crippen molar-refractivity contribution in [1.29, 1.82) is 0 Å². The third-order valence-electron chi connectivity index (χ3n) is 3.63. The Balaban J connectivity index is 1.90. The molecule has 132 valence electrons. The van der Waals surface area contributed by atoms with Crippen molar-refractivity contribution in [1.82, 2.24) is 24.9 Å². The minimum atomic E-state index is -4.48. The second-order valence-electron chi connectivity index (χ2n) is 5.53. The number of nitrogens with zero attached hydrogens (tertiary/aromatic N) is 4. The summed E-state index contributed by atoms with van der Waals surface area (Å²) >= 11 is 0. The zero-order chi connectivity index (χ0) is 17.9. The van der Waals surface area contributed by atoms with E-state index < -0.39 is 11.9 Å². The first kappa shape index (κ1) is 18.0. The first-order valence-corrected chi connectivity index (χ1v) is 7.65. The highest BCUT2D eigenvalue weighted by molar-refractivity contribution is 5.76. The molecule has 0 aliphatic heterocycles. The smallest absolute Gasteiger partial charge is 0.348 e. The van der Waals surface area contributed by atoms with Crippen molar-refractivity contribution in [3.8, 4) is 0 Å². The number of carbonyl (C=O) groups is 1. The van der Waals surface area contributed by atoms with Gasteiger partial charge in [0.15, 0.2) is 5.69 Å². The monoisotopic (exact) mass is 343 g/mol. The number of aromatic nitrogens is 4. The number of amides is 1. The first-order valence-electron chi connectivity index (χ1n) is 7.65. The average molecular weight is 343 g/mol. The third-order valence-corrected chi connectivity index (χ3v) is 3.63. The van der Waals surface area contributed by atoms with Gasteiger partial charge in [0.25, 0.3) is 0 Å². The van der Waals surface area contributed by atoms with E-state index in [0.717, 1.165) is 18.3 Å². The molecule has 0 bridgehead atoms. The summed E-state index contributed by atoms with van der Waals surface area (Å²) in [5.41, 5.74) is 0.156. The van der Waals surface area contributed by atoms with Crippen molar-refractivity contribution in [3.63, 3.8) is 0 Å². The molecule has 0 aromatic carbocycles. The molecule has 1 unspecified atom stereocenters. The van der Waals surface area contributed by atoms with Gasteiger partial charge < -0.3 is 5.32 Å². The van der Waals surface area contributed by atoms with Gasteiger partial charge in [-0.3, -0.25) is 14.2 Å². The molecule has 6 nitrogen and oxygen atoms in total. The molecule has 2 heterocycles. The van der Waals surface area contributed by atoms with Gasteiger partial charge in [0.2, 0.25) is 5.91 Å². The number of nitrogens with one attached hydrogen (secondary N) is 1. The lowest BCUT2D eigenvalue weighted by atomic mass is 10.2. The normalized spacial score (nSPS) is 13.1. The lowest BCUT2D eigenvalue weighted by molar-refractivity contribution is -0.141. The molecule has 9 heteroatoms. The summed E-state index contributed by atoms with van der Waals surface area (Å²) in [5.74, 6) is -0.267. The second-order valence-corrected chi connectivity index (χ2v) is 5.53. The minimum absolute atomic E-state index is 0.0403. The quantitative estimate of drug-likeness (QED) is 0.877. The van der Waals surface area contributed by atoms with Gasteiger partial charge in [0.1, 0.15) is 0 Å². The summed E-state index contributed by atoms with van der Waals surface area (Å²) in [6.45, 7) is 6.12. The number of halogens is 3. The van der Waals surface area contributed by atoms with E-state index in [1.807, 2.05) is 19.2 Å². The zero-order valence-electron chi connectivity index (χ0n) is 13.8. The van der Waals surface area contributed by atoms with E-state index in [9.17, 15) is 18.0 Å². The summed E-state index contributed by atoms with van der Waals surface area (Å²) in [7, 11) is 0. The predicted molar refractivity (Wildman–Crippen MR) is 81.0 cm³/mol. The minimum Gasteiger partial charge on any atom is -0.348 e. The molecule has 0 radical (unpaired) electrons. The number of aryl methyl sites for hydroxylation is 3. The molecular formula is C15H20F3N5O. The number of hydrogen-bond acceptors (Lipinski definition) is 3. The van der Waals surface area contributed by atoms with E-state index in [0.29, 0.717) is 5.69 Å². The Kier molecular flexibility index (Phi) is 5.30. The fourth-order valence-electron chi connectivity index (χ4n) is 2.25. The van der Waals surface area contributed by atoms with Crippen LogP contribution in [0, 0.1) is 6.92 Å². The van der Waals surface area contributed by atoms with E-state index in [1.165, 1.54) is 11.6 Å². The molecule has 0 aliphatic carbocycles. The van der Waals surface area contributed by atoms with Gasteiger partial charge in [-0.1, -0.05) is 0 Å². The van der Waals surface area contributed by atoms with Gasteiger partial charge in [-0.15, -0.1) is 0 Å². The van der Waals surface area contributed by atoms with Crippen LogP contribution < -0.4 is 5.32 Å². The van der Waals surface area contributed by atoms with E-state index in [4.69, 9.17) is 0 Å². The Labute approximate surface area is 137 Å². The summed E-state index contributed by atoms with van der Waals surface area (Å²) < 4.78 is 40.8. The maximum atomic E-state index is 12.6. The predicted octanol–water partition coefficient (Wildman–Crippen LogP) is 2.69. The standard InChI is InChI=1S/C15H20F3N5O/c1-4-22-7-5-12(20-22)11(3)19-14(24)6-8-23-10(2)9-13(21-23)15(16,17)18/h5,7,9,11H,4,6,8H2,1-3H3,(H,19,24). The van der Waals surface area contributed by atoms with Gasteiger partial charge in [-0.2, -0.15) is 23.4 Å². The summed E-state index contributed by atoms with van der Waals surface area (Å²) in [6, 6.07) is 2.52. The molecule has 0 aliphatic rings. The number of carbonyl (C=O) groups excluding carboxylic acids is 1. The fraction of sp³-hybridized carbons (Fsp3) is 0.533. The molecule has 1 N–H and O–H groups in total. The van der Waals surface area contributed by atoms with E-state index in [2.05, 4.69) is 15.5 Å². The van der Waals surface area contributed by atoms with Crippen LogP contribution in [0.5, 0.6) is 0 Å². The molecule has 0 fully saturated rings. The SMILES string of the molecule is CCn1ccc(C(C)NC(=O)CCn2nc(C(F)(F)F)cc2C)n1. The lowest BCUT2D eigenvalue weighted by Gasteiger charge is -2.12. The largest absolute Gasteiger partial charge is 0.435 e. The van der Waals surface area contributed by atoms with Crippen molar-refractivity contribution in [3.05, 3.63) is 35.4 Å². The van der Waals surface area contributed by atoms with Crippen LogP contribution in [-0.2, 0) is 24.1 Å². The van der Waals surface area contributed by atoms with Crippen LogP contribution in [0.3, 0.4) is 0 Å². The van der Waals surface area contributed by atoms with Gasteiger partial charge in [0, 0.05) is 31.4 Å². The number of hydrogen-bond donors (Lipinski definition) is 1. The van der Waals surface area contributed by atoms with Crippen molar-refractivity contribution in [2.45, 2.75) is 52.5 Å². The highest BCUT2D eigenvalue weighted by atomic mass is 19.4. The molecule has 2 rings (SSSR count). The zero-order valence-corrected chi connectivity index (χ0v) is 13.8. The fourth-order valence-corrected chi connectivity index (χ4v) is 2.25. The van der Waals surface area contributed by atoms with Crippen LogP contribution in [0.25, 0.3) is 0 Å². The Bertz CT molecular complexity index is 704. The summed E-state index contributed by atoms with van der Waals surface area (Å²) in [6.07, 6.45) is -2.62. The van der Waals surface area contributed by atoms with Gasteiger partial charge in [-0.05, 0) is 32.9 Å². The summed E-state index contributed by atoms with van der Waals surface area (Å²) in [4.78, 5) is 12.0. The van der Waals surface area contributed by atoms with Gasteiger partial charge in [-0.25, -0.2) is 0 Å². The maximum absolute atomic E-state index is 12.6.